The van der Waals surface area contributed by atoms with Gasteiger partial charge in [0.05, 0.1) is 5.97 Å². The van der Waals surface area contributed by atoms with Crippen LogP contribution in [0, 0.1) is 0 Å². The van der Waals surface area contributed by atoms with E-state index in [0.717, 1.165) is 11.6 Å². The number of aryl methyl sites for hydroxylation is 1. The molecule has 82 valence electrons. The molecule has 2 rings (SSSR count). The molecule has 1 aromatic heterocycles. The van der Waals surface area contributed by atoms with E-state index in [0.29, 0.717) is 24.2 Å². The van der Waals surface area contributed by atoms with Crippen molar-refractivity contribution in [2.24, 2.45) is 0 Å². The van der Waals surface area contributed by atoms with Gasteiger partial charge >= 0.3 is 0 Å². The SMILES string of the molecule is O=C([O-])/C=C/c1cnc2c(c1)CCC(=O)N2. The molecule has 0 spiro atoms. The van der Waals surface area contributed by atoms with E-state index in [1.54, 1.807) is 6.07 Å². The van der Waals surface area contributed by atoms with Crippen molar-refractivity contribution in [3.05, 3.63) is 29.5 Å². The molecular formula is C11H9N2O3-. The average Bonchev–Trinajstić information content (AvgIpc) is 2.26. The minimum Gasteiger partial charge on any atom is -0.545 e. The van der Waals surface area contributed by atoms with Crippen LogP contribution in [0.5, 0.6) is 0 Å². The lowest BCUT2D eigenvalue weighted by molar-refractivity contribution is -0.297. The van der Waals surface area contributed by atoms with Crippen molar-refractivity contribution in [1.29, 1.82) is 0 Å². The predicted molar refractivity (Wildman–Crippen MR) is 55.2 cm³/mol. The number of pyridine rings is 1. The maximum absolute atomic E-state index is 11.1. The topological polar surface area (TPSA) is 82.1 Å². The Balaban J connectivity index is 2.26. The van der Waals surface area contributed by atoms with Gasteiger partial charge in [-0.05, 0) is 29.7 Å². The highest BCUT2D eigenvalue weighted by Gasteiger charge is 2.15. The Bertz CT molecular complexity index is 480. The van der Waals surface area contributed by atoms with Crippen LogP contribution in [0.4, 0.5) is 5.82 Å². The summed E-state index contributed by atoms with van der Waals surface area (Å²) < 4.78 is 0. The summed E-state index contributed by atoms with van der Waals surface area (Å²) in [5.74, 6) is -0.731. The molecule has 1 aliphatic heterocycles. The number of rotatable bonds is 2. The highest BCUT2D eigenvalue weighted by molar-refractivity contribution is 5.93. The molecule has 5 heteroatoms. The lowest BCUT2D eigenvalue weighted by atomic mass is 10.0. The van der Waals surface area contributed by atoms with Crippen LogP contribution in [-0.4, -0.2) is 16.9 Å². The third-order valence-corrected chi connectivity index (χ3v) is 2.28. The zero-order chi connectivity index (χ0) is 11.5. The summed E-state index contributed by atoms with van der Waals surface area (Å²) in [6, 6.07) is 1.81. The quantitative estimate of drug-likeness (QED) is 0.691. The molecule has 1 aliphatic rings. The minimum absolute atomic E-state index is 0.0435. The fourth-order valence-electron chi connectivity index (χ4n) is 1.53. The first-order valence-corrected chi connectivity index (χ1v) is 4.83. The third-order valence-electron chi connectivity index (χ3n) is 2.28. The Hall–Kier alpha value is -2.17. The lowest BCUT2D eigenvalue weighted by Crippen LogP contribution is -2.20. The minimum atomic E-state index is -1.24. The maximum Gasteiger partial charge on any atom is 0.225 e. The average molecular weight is 217 g/mol. The number of amides is 1. The molecule has 2 heterocycles. The van der Waals surface area contributed by atoms with Crippen molar-refractivity contribution in [2.75, 3.05) is 5.32 Å². The molecular weight excluding hydrogens is 208 g/mol. The number of hydrogen-bond donors (Lipinski definition) is 1. The van der Waals surface area contributed by atoms with Crippen LogP contribution in [0.15, 0.2) is 18.3 Å². The van der Waals surface area contributed by atoms with Gasteiger partial charge in [0.15, 0.2) is 0 Å². The van der Waals surface area contributed by atoms with E-state index in [1.165, 1.54) is 12.3 Å². The Labute approximate surface area is 91.8 Å². The first-order valence-electron chi connectivity index (χ1n) is 4.83. The molecule has 1 aromatic rings. The lowest BCUT2D eigenvalue weighted by Gasteiger charge is -2.15. The van der Waals surface area contributed by atoms with Gasteiger partial charge < -0.3 is 15.2 Å². The first-order chi connectivity index (χ1) is 7.65. The van der Waals surface area contributed by atoms with Gasteiger partial charge in [0.2, 0.25) is 5.91 Å². The number of carbonyl (C=O) groups is 2. The van der Waals surface area contributed by atoms with Crippen LogP contribution in [0.25, 0.3) is 6.08 Å². The van der Waals surface area contributed by atoms with Crippen molar-refractivity contribution in [2.45, 2.75) is 12.8 Å². The predicted octanol–water partition coefficient (Wildman–Crippen LogP) is -0.271. The number of anilines is 1. The number of carboxylic acids is 1. The number of carbonyl (C=O) groups excluding carboxylic acids is 2. The molecule has 0 aliphatic carbocycles. The summed E-state index contributed by atoms with van der Waals surface area (Å²) in [4.78, 5) is 25.4. The number of aliphatic carboxylic acids is 1. The van der Waals surface area contributed by atoms with Crippen molar-refractivity contribution in [3.8, 4) is 0 Å². The van der Waals surface area contributed by atoms with Crippen molar-refractivity contribution < 1.29 is 14.7 Å². The second-order valence-electron chi connectivity index (χ2n) is 3.48. The van der Waals surface area contributed by atoms with E-state index in [-0.39, 0.29) is 5.91 Å². The van der Waals surface area contributed by atoms with Crippen molar-refractivity contribution >= 4 is 23.8 Å². The zero-order valence-electron chi connectivity index (χ0n) is 8.40. The molecule has 0 radical (unpaired) electrons. The summed E-state index contributed by atoms with van der Waals surface area (Å²) in [5, 5.41) is 12.9. The maximum atomic E-state index is 11.1. The molecule has 0 atom stereocenters. The Morgan fingerprint density at radius 2 is 2.31 bits per heavy atom. The second-order valence-corrected chi connectivity index (χ2v) is 3.48. The van der Waals surface area contributed by atoms with Gasteiger partial charge in [-0.3, -0.25) is 4.79 Å². The second kappa shape index (κ2) is 4.14. The highest BCUT2D eigenvalue weighted by Crippen LogP contribution is 2.21. The Kier molecular flexibility index (Phi) is 2.68. The summed E-state index contributed by atoms with van der Waals surface area (Å²) in [7, 11) is 0. The molecule has 16 heavy (non-hydrogen) atoms. The van der Waals surface area contributed by atoms with Gasteiger partial charge in [0.25, 0.3) is 0 Å². The van der Waals surface area contributed by atoms with E-state index in [4.69, 9.17) is 0 Å². The molecule has 1 amide bonds. The van der Waals surface area contributed by atoms with Gasteiger partial charge in [0, 0.05) is 12.6 Å². The van der Waals surface area contributed by atoms with E-state index in [9.17, 15) is 14.7 Å². The number of hydrogen-bond acceptors (Lipinski definition) is 4. The highest BCUT2D eigenvalue weighted by atomic mass is 16.4. The molecule has 1 N–H and O–H groups in total. The number of aromatic nitrogens is 1. The van der Waals surface area contributed by atoms with Crippen molar-refractivity contribution in [1.82, 2.24) is 4.98 Å². The molecule has 0 unspecified atom stereocenters. The summed E-state index contributed by atoms with van der Waals surface area (Å²) in [5.41, 5.74) is 1.60. The van der Waals surface area contributed by atoms with Crippen LogP contribution in [-0.2, 0) is 16.0 Å². The first kappa shape index (κ1) is 10.4. The molecule has 0 saturated carbocycles. The fraction of sp³-hybridized carbons (Fsp3) is 0.182. The smallest absolute Gasteiger partial charge is 0.225 e. The van der Waals surface area contributed by atoms with E-state index in [1.807, 2.05) is 0 Å². The molecule has 0 fully saturated rings. The van der Waals surface area contributed by atoms with Gasteiger partial charge in [0.1, 0.15) is 5.82 Å². The zero-order valence-corrected chi connectivity index (χ0v) is 8.40. The Morgan fingerprint density at radius 3 is 3.06 bits per heavy atom. The van der Waals surface area contributed by atoms with Gasteiger partial charge in [-0.1, -0.05) is 6.08 Å². The summed E-state index contributed by atoms with van der Waals surface area (Å²) in [6.45, 7) is 0. The largest absolute Gasteiger partial charge is 0.545 e. The molecule has 0 aromatic carbocycles. The molecule has 0 saturated heterocycles. The summed E-state index contributed by atoms with van der Waals surface area (Å²) >= 11 is 0. The van der Waals surface area contributed by atoms with Gasteiger partial charge in [-0.25, -0.2) is 4.98 Å². The van der Waals surface area contributed by atoms with Gasteiger partial charge in [-0.15, -0.1) is 0 Å². The van der Waals surface area contributed by atoms with Crippen LogP contribution in [0.2, 0.25) is 0 Å². The fourth-order valence-corrected chi connectivity index (χ4v) is 1.53. The Morgan fingerprint density at radius 1 is 1.50 bits per heavy atom. The van der Waals surface area contributed by atoms with Crippen LogP contribution >= 0.6 is 0 Å². The number of nitrogens with one attached hydrogen (secondary N) is 1. The molecule has 5 nitrogen and oxygen atoms in total. The standard InChI is InChI=1S/C11H10N2O3/c14-9-3-2-8-5-7(1-4-10(15)16)6-12-11(8)13-9/h1,4-6H,2-3H2,(H,15,16)(H,12,13,14)/p-1/b4-1+. The van der Waals surface area contributed by atoms with Crippen LogP contribution in [0.3, 0.4) is 0 Å². The number of fused-ring (bicyclic) bond motifs is 1. The van der Waals surface area contributed by atoms with E-state index >= 15 is 0 Å². The van der Waals surface area contributed by atoms with E-state index < -0.39 is 5.97 Å². The van der Waals surface area contributed by atoms with Gasteiger partial charge in [-0.2, -0.15) is 0 Å². The van der Waals surface area contributed by atoms with E-state index in [2.05, 4.69) is 10.3 Å². The van der Waals surface area contributed by atoms with Crippen LogP contribution < -0.4 is 10.4 Å². The normalized spacial score (nSPS) is 14.6. The third kappa shape index (κ3) is 2.25. The molecule has 0 bridgehead atoms. The summed E-state index contributed by atoms with van der Waals surface area (Å²) in [6.07, 6.45) is 4.93. The van der Waals surface area contributed by atoms with Crippen LogP contribution in [0.1, 0.15) is 17.5 Å². The number of carboxylic acid groups (broad SMARTS) is 1. The monoisotopic (exact) mass is 217 g/mol. The number of nitrogens with zero attached hydrogens (tertiary/aromatic N) is 1. The van der Waals surface area contributed by atoms with Crippen molar-refractivity contribution in [3.63, 3.8) is 0 Å².